The molecule has 0 aliphatic carbocycles. The number of hydrogen-bond donors (Lipinski definition) is 0. The van der Waals surface area contributed by atoms with Gasteiger partial charge < -0.3 is 8.96 Å². The average Bonchev–Trinajstić information content (AvgIpc) is 3.23. The molecule has 0 aliphatic rings. The number of rotatable bonds is 3. The van der Waals surface area contributed by atoms with Crippen LogP contribution in [0.15, 0.2) is 37.2 Å². The minimum atomic E-state index is 0.246. The van der Waals surface area contributed by atoms with Crippen LogP contribution in [0.3, 0.4) is 0 Å². The zero-order chi connectivity index (χ0) is 22.1. The van der Waals surface area contributed by atoms with Gasteiger partial charge in [-0.15, -0.1) is 0 Å². The maximum absolute atomic E-state index is 9.99. The highest BCUT2D eigenvalue weighted by Crippen LogP contribution is 2.21. The summed E-state index contributed by atoms with van der Waals surface area (Å²) in [6, 6.07) is 2.22. The Labute approximate surface area is 181 Å². The van der Waals surface area contributed by atoms with Crippen LogP contribution in [0, 0.1) is 31.8 Å². The molecule has 141 valence electrons. The highest BCUT2D eigenvalue weighted by atomic mass is 15.0. The van der Waals surface area contributed by atoms with E-state index in [-0.39, 0.29) is 11.3 Å². The smallest absolute Gasteiger partial charge is 0.236 e. The summed E-state index contributed by atoms with van der Waals surface area (Å²) in [5.41, 5.74) is 2.71. The number of aromatic nitrogens is 6. The topological polar surface area (TPSA) is 89.6 Å². The van der Waals surface area contributed by atoms with Crippen LogP contribution >= 0.6 is 0 Å². The van der Waals surface area contributed by atoms with Crippen LogP contribution in [0.5, 0.6) is 0 Å². The molecular weight excluding hydrogens is 385 g/mol. The molecule has 5 radical (unpaired) electrons. The fourth-order valence-corrected chi connectivity index (χ4v) is 3.74. The number of fused-ring (bicyclic) bond motifs is 1. The van der Waals surface area contributed by atoms with Crippen molar-refractivity contribution < 1.29 is 0 Å². The van der Waals surface area contributed by atoms with Crippen molar-refractivity contribution in [3.05, 3.63) is 82.1 Å². The zero-order valence-electron chi connectivity index (χ0n) is 16.8. The first-order chi connectivity index (χ1) is 15.0. The minimum Gasteiger partial charge on any atom is -0.408 e. The summed E-state index contributed by atoms with van der Waals surface area (Å²) >= 11 is 0. The van der Waals surface area contributed by atoms with Gasteiger partial charge in [0.1, 0.15) is 17.3 Å². The van der Waals surface area contributed by atoms with E-state index in [2.05, 4.69) is 30.9 Å². The molecule has 11 heteroatoms. The van der Waals surface area contributed by atoms with Crippen molar-refractivity contribution in [3.8, 4) is 6.07 Å². The summed E-state index contributed by atoms with van der Waals surface area (Å²) in [5, 5.41) is 12.4. The molecule has 4 heterocycles. The van der Waals surface area contributed by atoms with E-state index in [1.807, 2.05) is 13.8 Å². The van der Waals surface area contributed by atoms with Crippen molar-refractivity contribution in [3.63, 3.8) is 0 Å². The fraction of sp³-hybridized carbons (Fsp3) is 0.100. The van der Waals surface area contributed by atoms with Crippen LogP contribution in [0.1, 0.15) is 22.8 Å². The van der Waals surface area contributed by atoms with E-state index in [0.29, 0.717) is 38.6 Å². The Hall–Kier alpha value is -4.11. The van der Waals surface area contributed by atoms with Gasteiger partial charge in [-0.2, -0.15) is 5.26 Å². The normalized spacial score (nSPS) is 12.8. The Morgan fingerprint density at radius 2 is 1.65 bits per heavy atom. The Bertz CT molecular complexity index is 1510. The molecule has 8 nitrogen and oxygen atoms in total. The molecule has 0 atom stereocenters. The quantitative estimate of drug-likeness (QED) is 0.357. The lowest BCUT2D eigenvalue weighted by atomic mass is 9.66. The van der Waals surface area contributed by atoms with Gasteiger partial charge in [-0.3, -0.25) is 19.9 Å². The monoisotopic (exact) mass is 397 g/mol. The van der Waals surface area contributed by atoms with Gasteiger partial charge in [0.05, 0.1) is 23.8 Å². The Kier molecular flexibility index (Phi) is 5.18. The third-order valence-corrected chi connectivity index (χ3v) is 5.11. The van der Waals surface area contributed by atoms with Gasteiger partial charge in [-0.1, -0.05) is 0 Å². The third-order valence-electron chi connectivity index (χ3n) is 5.11. The molecule has 0 bridgehead atoms. The standard InChI is InChI=1S/C20H12B3N8/c1-11-16-17(20(30(11)22)18(25-3)15-10-27-5-7-29-15)12(2)31(23-21)19(16)13(8-24)14-9-26-4-6-28-14/h4-7,9-10H,1-2H3/b19-13-,20-18+. The zero-order valence-corrected chi connectivity index (χ0v) is 16.8. The van der Waals surface area contributed by atoms with E-state index in [4.69, 9.17) is 22.3 Å². The Morgan fingerprint density at radius 3 is 2.16 bits per heavy atom. The van der Waals surface area contributed by atoms with Gasteiger partial charge in [0, 0.05) is 66.2 Å². The molecule has 0 amide bonds. The maximum Gasteiger partial charge on any atom is 0.236 e. The number of nitrogens with zero attached hydrogens (tertiary/aromatic N) is 8. The Morgan fingerprint density at radius 1 is 1.03 bits per heavy atom. The van der Waals surface area contributed by atoms with Crippen LogP contribution in [0.2, 0.25) is 0 Å². The Balaban J connectivity index is 2.32. The SMILES string of the molecule is [B][B]n1c(C)c2/c(=C(\[N+]#[C-])c3cnccn3)n([B])c(C)c2/c1=C(\C#N)c1cnccn1. The van der Waals surface area contributed by atoms with Crippen LogP contribution in [-0.2, 0) is 0 Å². The van der Waals surface area contributed by atoms with E-state index >= 15 is 0 Å². The fourth-order valence-electron chi connectivity index (χ4n) is 3.74. The second kappa shape index (κ2) is 7.96. The number of nitriles is 1. The number of aryl methyl sites for hydroxylation is 2. The molecule has 0 aromatic carbocycles. The lowest BCUT2D eigenvalue weighted by Crippen LogP contribution is -2.27. The van der Waals surface area contributed by atoms with Gasteiger partial charge in [0.2, 0.25) is 13.7 Å². The van der Waals surface area contributed by atoms with E-state index < -0.39 is 0 Å². The summed E-state index contributed by atoms with van der Waals surface area (Å²) < 4.78 is 3.14. The van der Waals surface area contributed by atoms with Gasteiger partial charge in [0.15, 0.2) is 7.31 Å². The first-order valence-electron chi connectivity index (χ1n) is 9.16. The van der Waals surface area contributed by atoms with Crippen LogP contribution in [-0.4, -0.2) is 51.9 Å². The van der Waals surface area contributed by atoms with Crippen molar-refractivity contribution in [2.24, 2.45) is 0 Å². The molecule has 0 saturated carbocycles. The van der Waals surface area contributed by atoms with Crippen LogP contribution < -0.4 is 10.7 Å². The molecule has 4 aromatic rings. The van der Waals surface area contributed by atoms with Gasteiger partial charge in [0.25, 0.3) is 0 Å². The number of hydrogen-bond acceptors (Lipinski definition) is 5. The lowest BCUT2D eigenvalue weighted by Gasteiger charge is -2.08. The molecule has 0 saturated heterocycles. The van der Waals surface area contributed by atoms with Crippen molar-refractivity contribution in [2.45, 2.75) is 13.8 Å². The first kappa shape index (κ1) is 20.2. The lowest BCUT2D eigenvalue weighted by molar-refractivity contribution is 1.06. The summed E-state index contributed by atoms with van der Waals surface area (Å²) in [5.74, 6) is 0. The minimum absolute atomic E-state index is 0.246. The summed E-state index contributed by atoms with van der Waals surface area (Å²) in [7, 11) is 13.7. The largest absolute Gasteiger partial charge is 0.408 e. The molecule has 0 fully saturated rings. The van der Waals surface area contributed by atoms with E-state index in [1.54, 1.807) is 4.48 Å². The molecule has 0 aliphatic heterocycles. The van der Waals surface area contributed by atoms with Crippen LogP contribution in [0.25, 0.3) is 26.9 Å². The van der Waals surface area contributed by atoms with Gasteiger partial charge >= 0.3 is 0 Å². The average molecular weight is 397 g/mol. The molecule has 31 heavy (non-hydrogen) atoms. The molecule has 4 rings (SSSR count). The van der Waals surface area contributed by atoms with Crippen molar-refractivity contribution in [1.82, 2.24) is 28.9 Å². The summed E-state index contributed by atoms with van der Waals surface area (Å²) in [6.07, 6.45) is 9.12. The van der Waals surface area contributed by atoms with E-state index in [9.17, 15) is 5.26 Å². The highest BCUT2D eigenvalue weighted by molar-refractivity contribution is 6.88. The van der Waals surface area contributed by atoms with Crippen molar-refractivity contribution in [1.29, 1.82) is 5.26 Å². The van der Waals surface area contributed by atoms with Gasteiger partial charge in [-0.05, 0) is 13.8 Å². The first-order valence-corrected chi connectivity index (χ1v) is 9.16. The highest BCUT2D eigenvalue weighted by Gasteiger charge is 2.22. The van der Waals surface area contributed by atoms with Crippen LogP contribution in [0.4, 0.5) is 0 Å². The van der Waals surface area contributed by atoms with E-state index in [1.165, 1.54) is 49.0 Å². The molecule has 0 spiro atoms. The predicted octanol–water partition coefficient (Wildman–Crippen LogP) is -0.0796. The molecule has 4 aromatic heterocycles. The van der Waals surface area contributed by atoms with Crippen molar-refractivity contribution in [2.75, 3.05) is 0 Å². The molecule has 0 unspecified atom stereocenters. The second-order valence-corrected chi connectivity index (χ2v) is 6.64. The maximum atomic E-state index is 9.99. The second-order valence-electron chi connectivity index (χ2n) is 6.64. The predicted molar refractivity (Wildman–Crippen MR) is 118 cm³/mol. The summed E-state index contributed by atoms with van der Waals surface area (Å²) in [4.78, 5) is 20.4. The summed E-state index contributed by atoms with van der Waals surface area (Å²) in [6.45, 7) is 11.5. The third kappa shape index (κ3) is 3.03. The molecular formula is C20H12B3N8. The van der Waals surface area contributed by atoms with Gasteiger partial charge in [-0.25, -0.2) is 4.85 Å². The van der Waals surface area contributed by atoms with E-state index in [0.717, 1.165) is 5.69 Å². The van der Waals surface area contributed by atoms with Crippen molar-refractivity contribution >= 4 is 45.1 Å². The molecule has 0 N–H and O–H groups in total.